The Balaban J connectivity index is 5.15. The third-order valence-corrected chi connectivity index (χ3v) is 15.9. The van der Waals surface area contributed by atoms with E-state index < -0.39 is 20.0 Å². The lowest BCUT2D eigenvalue weighted by Crippen LogP contribution is -2.47. The summed E-state index contributed by atoms with van der Waals surface area (Å²) in [6.07, 6.45) is 86.6. The molecule has 0 saturated heterocycles. The van der Waals surface area contributed by atoms with Gasteiger partial charge in [0.25, 0.3) is 0 Å². The van der Waals surface area contributed by atoms with Gasteiger partial charge in [0.2, 0.25) is 5.91 Å². The first-order valence-electron chi connectivity index (χ1n) is 34.7. The van der Waals surface area contributed by atoms with Gasteiger partial charge in [0.15, 0.2) is 0 Å². The molecule has 3 atom stereocenters. The van der Waals surface area contributed by atoms with Gasteiger partial charge in [0.1, 0.15) is 19.3 Å². The number of unbranched alkanes of at least 4 members (excludes halogenated alkanes) is 30. The molecule has 0 aromatic rings. The van der Waals surface area contributed by atoms with E-state index in [1.807, 2.05) is 33.3 Å². The molecule has 10 heteroatoms. The summed E-state index contributed by atoms with van der Waals surface area (Å²) < 4.78 is 30.8. The molecule has 84 heavy (non-hydrogen) atoms. The molecule has 0 rings (SSSR count). The average molecular weight is 1190 g/mol. The van der Waals surface area contributed by atoms with Crippen LogP contribution in [0, 0.1) is 0 Å². The van der Waals surface area contributed by atoms with Crippen LogP contribution < -0.4 is 5.32 Å². The van der Waals surface area contributed by atoms with Gasteiger partial charge in [-0.25, -0.2) is 4.57 Å². The van der Waals surface area contributed by atoms with E-state index in [0.29, 0.717) is 17.4 Å². The summed E-state index contributed by atoms with van der Waals surface area (Å²) in [6, 6.07) is -0.864. The SMILES string of the molecule is CC/C=C\C/C=C\C/C=C\C/C=C\C/C=C\CCCCCCCCCC(=O)NC(COP(=O)(O)OCC[N+](C)(C)C)C(/C=C/CCCCCCCCCCCC)OC(=O)CCCCCCCCCCCC/C=C\C/C=C\C/C=C\CCCCC. The van der Waals surface area contributed by atoms with Crippen molar-refractivity contribution in [2.75, 3.05) is 40.9 Å². The molecule has 0 aliphatic carbocycles. The molecule has 0 heterocycles. The Kier molecular flexibility index (Phi) is 60.2. The molecular weight excluding hydrogens is 1060 g/mol. The van der Waals surface area contributed by atoms with E-state index in [0.717, 1.165) is 116 Å². The van der Waals surface area contributed by atoms with Gasteiger partial charge in [0, 0.05) is 12.8 Å². The summed E-state index contributed by atoms with van der Waals surface area (Å²) in [7, 11) is 1.48. The van der Waals surface area contributed by atoms with Crippen molar-refractivity contribution in [1.82, 2.24) is 5.32 Å². The molecule has 3 unspecified atom stereocenters. The lowest BCUT2D eigenvalue weighted by Gasteiger charge is -2.27. The van der Waals surface area contributed by atoms with Gasteiger partial charge in [-0.1, -0.05) is 278 Å². The third kappa shape index (κ3) is 63.2. The number of nitrogens with one attached hydrogen (secondary N) is 1. The van der Waals surface area contributed by atoms with Crippen LogP contribution in [0.2, 0.25) is 0 Å². The van der Waals surface area contributed by atoms with Crippen molar-refractivity contribution in [1.29, 1.82) is 0 Å². The average Bonchev–Trinajstić information content (AvgIpc) is 3.64. The summed E-state index contributed by atoms with van der Waals surface area (Å²) in [6.45, 7) is 6.87. The molecule has 0 radical (unpaired) electrons. The number of allylic oxidation sites excluding steroid dienone is 17. The van der Waals surface area contributed by atoms with E-state index in [-0.39, 0.29) is 31.5 Å². The van der Waals surface area contributed by atoms with E-state index in [2.05, 4.69) is 123 Å². The predicted molar refractivity (Wildman–Crippen MR) is 364 cm³/mol. The largest absolute Gasteiger partial charge is 0.472 e. The van der Waals surface area contributed by atoms with Gasteiger partial charge in [-0.3, -0.25) is 18.6 Å². The number of hydrogen-bond acceptors (Lipinski definition) is 6. The van der Waals surface area contributed by atoms with Gasteiger partial charge in [-0.05, 0) is 115 Å². The summed E-state index contributed by atoms with van der Waals surface area (Å²) >= 11 is 0. The summed E-state index contributed by atoms with van der Waals surface area (Å²) in [5.74, 6) is -0.522. The second-order valence-electron chi connectivity index (χ2n) is 24.3. The highest BCUT2D eigenvalue weighted by molar-refractivity contribution is 7.47. The highest BCUT2D eigenvalue weighted by Gasteiger charge is 2.30. The fourth-order valence-electron chi connectivity index (χ4n) is 9.62. The van der Waals surface area contributed by atoms with Crippen LogP contribution in [0.25, 0.3) is 0 Å². The Morgan fingerprint density at radius 3 is 1.17 bits per heavy atom. The molecule has 0 fully saturated rings. The van der Waals surface area contributed by atoms with Crippen molar-refractivity contribution < 1.29 is 37.3 Å². The maximum atomic E-state index is 13.6. The normalized spacial score (nSPS) is 14.2. The summed E-state index contributed by atoms with van der Waals surface area (Å²) in [4.78, 5) is 37.9. The second-order valence-corrected chi connectivity index (χ2v) is 25.8. The molecule has 0 saturated carbocycles. The Bertz CT molecular complexity index is 1810. The highest BCUT2D eigenvalue weighted by atomic mass is 31.2. The zero-order valence-corrected chi connectivity index (χ0v) is 56.3. The standard InChI is InChI=1S/C74H131N2O7P/c1-7-10-13-16-19-22-25-28-30-32-34-36-38-40-42-44-46-48-51-54-57-60-63-66-73(77)75-71(70-82-84(79,80)81-69-68-76(4,5)6)72(65-62-59-56-53-50-27-24-21-18-15-12-9-3)83-74(78)67-64-61-58-55-52-49-47-45-43-41-39-37-35-33-31-29-26-23-20-17-14-11-8-2/h10,13,19-20,22-23,28-31,34-37,40,42,62,65,71-72H,7-9,11-12,14-18,21,24-27,32-33,38-39,41,43-61,63-64,66-70H2,1-6H3,(H-,75,77,79,80)/p+1/b13-10-,22-19-,23-20-,30-28-,31-29-,36-34-,37-35-,42-40-,65-62+. The van der Waals surface area contributed by atoms with Crippen LogP contribution >= 0.6 is 7.82 Å². The van der Waals surface area contributed by atoms with Crippen molar-refractivity contribution in [2.45, 2.75) is 309 Å². The Hall–Kier alpha value is -3.33. The van der Waals surface area contributed by atoms with E-state index in [4.69, 9.17) is 13.8 Å². The van der Waals surface area contributed by atoms with Crippen molar-refractivity contribution >= 4 is 19.7 Å². The van der Waals surface area contributed by atoms with E-state index in [9.17, 15) is 19.0 Å². The van der Waals surface area contributed by atoms with Crippen LogP contribution in [0.3, 0.4) is 0 Å². The fraction of sp³-hybridized carbons (Fsp3) is 0.730. The maximum absolute atomic E-state index is 13.6. The van der Waals surface area contributed by atoms with E-state index in [1.54, 1.807) is 0 Å². The number of hydrogen-bond donors (Lipinski definition) is 2. The molecule has 1 amide bonds. The molecule has 484 valence electrons. The number of likely N-dealkylation sites (N-methyl/N-ethyl adjacent to an activating group) is 1. The minimum atomic E-state index is -4.46. The zero-order chi connectivity index (χ0) is 61.4. The Labute approximate surface area is 519 Å². The number of amides is 1. The van der Waals surface area contributed by atoms with Crippen LogP contribution in [0.15, 0.2) is 109 Å². The van der Waals surface area contributed by atoms with Gasteiger partial charge in [-0.2, -0.15) is 0 Å². The molecule has 2 N–H and O–H groups in total. The second kappa shape index (κ2) is 62.7. The topological polar surface area (TPSA) is 111 Å². The van der Waals surface area contributed by atoms with Crippen molar-refractivity contribution in [3.63, 3.8) is 0 Å². The highest BCUT2D eigenvalue weighted by Crippen LogP contribution is 2.43. The van der Waals surface area contributed by atoms with Crippen LogP contribution in [0.1, 0.15) is 297 Å². The van der Waals surface area contributed by atoms with E-state index >= 15 is 0 Å². The third-order valence-electron chi connectivity index (χ3n) is 14.9. The number of rotatable bonds is 62. The maximum Gasteiger partial charge on any atom is 0.472 e. The first-order chi connectivity index (χ1) is 40.9. The number of esters is 1. The number of phosphoric ester groups is 1. The number of phosphoric acid groups is 1. The number of nitrogens with zero attached hydrogens (tertiary/aromatic N) is 1. The van der Waals surface area contributed by atoms with Crippen molar-refractivity contribution in [2.24, 2.45) is 0 Å². The van der Waals surface area contributed by atoms with Gasteiger partial charge in [-0.15, -0.1) is 0 Å². The van der Waals surface area contributed by atoms with Crippen LogP contribution in [0.4, 0.5) is 0 Å². The molecule has 9 nitrogen and oxygen atoms in total. The van der Waals surface area contributed by atoms with E-state index in [1.165, 1.54) is 148 Å². The number of ether oxygens (including phenoxy) is 1. The van der Waals surface area contributed by atoms with Gasteiger partial charge >= 0.3 is 13.8 Å². The molecule has 0 spiro atoms. The first-order valence-corrected chi connectivity index (χ1v) is 36.2. The van der Waals surface area contributed by atoms with Crippen molar-refractivity contribution in [3.05, 3.63) is 109 Å². The monoisotopic (exact) mass is 1190 g/mol. The van der Waals surface area contributed by atoms with Gasteiger partial charge < -0.3 is 19.4 Å². The number of carbonyl (C=O) groups excluding carboxylic acids is 2. The molecule has 0 aliphatic heterocycles. The van der Waals surface area contributed by atoms with Crippen LogP contribution in [0.5, 0.6) is 0 Å². The van der Waals surface area contributed by atoms with Crippen LogP contribution in [-0.2, 0) is 27.9 Å². The Morgan fingerprint density at radius 1 is 0.429 bits per heavy atom. The summed E-state index contributed by atoms with van der Waals surface area (Å²) in [5.41, 5.74) is 0. The molecule has 0 aromatic heterocycles. The minimum Gasteiger partial charge on any atom is -0.456 e. The summed E-state index contributed by atoms with van der Waals surface area (Å²) in [5, 5.41) is 3.06. The number of quaternary nitrogens is 1. The van der Waals surface area contributed by atoms with Crippen LogP contribution in [-0.4, -0.2) is 74.3 Å². The molecular formula is C74H132N2O7P+. The lowest BCUT2D eigenvalue weighted by molar-refractivity contribution is -0.870. The van der Waals surface area contributed by atoms with Gasteiger partial charge in [0.05, 0.1) is 33.8 Å². The van der Waals surface area contributed by atoms with Crippen molar-refractivity contribution in [3.8, 4) is 0 Å². The zero-order valence-electron chi connectivity index (χ0n) is 55.4. The smallest absolute Gasteiger partial charge is 0.456 e. The molecule has 0 aliphatic rings. The minimum absolute atomic E-state index is 0.0323. The quantitative estimate of drug-likeness (QED) is 0.0205. The Morgan fingerprint density at radius 2 is 0.762 bits per heavy atom. The predicted octanol–water partition coefficient (Wildman–Crippen LogP) is 22.1. The molecule has 0 bridgehead atoms. The number of carbonyl (C=O) groups is 2. The first kappa shape index (κ1) is 80.7. The molecule has 0 aromatic carbocycles. The lowest BCUT2D eigenvalue weighted by atomic mass is 10.0. The fourth-order valence-corrected chi connectivity index (χ4v) is 10.4.